The zero-order valence-electron chi connectivity index (χ0n) is 13.6. The van der Waals surface area contributed by atoms with Gasteiger partial charge in [0.05, 0.1) is 5.56 Å². The van der Waals surface area contributed by atoms with Crippen molar-refractivity contribution in [3.05, 3.63) is 59.4 Å². The number of hydrogen-bond donors (Lipinski definition) is 2. The van der Waals surface area contributed by atoms with Crippen molar-refractivity contribution in [2.75, 3.05) is 5.32 Å². The fourth-order valence-electron chi connectivity index (χ4n) is 2.39. The van der Waals surface area contributed by atoms with E-state index in [0.717, 1.165) is 24.4 Å². The molecule has 3 rings (SSSR count). The molecule has 0 amide bonds. The maximum Gasteiger partial charge on any atom is 0.433 e. The molecule has 3 aromatic rings. The molecule has 0 aliphatic rings. The number of alkyl halides is 6. The third kappa shape index (κ3) is 4.06. The Balaban J connectivity index is 1.88. The van der Waals surface area contributed by atoms with E-state index < -0.39 is 52.8 Å². The highest BCUT2D eigenvalue weighted by Crippen LogP contribution is 2.36. The number of halogens is 6. The van der Waals surface area contributed by atoms with E-state index >= 15 is 0 Å². The van der Waals surface area contributed by atoms with Crippen LogP contribution in [0.15, 0.2) is 47.1 Å². The predicted molar refractivity (Wildman–Crippen MR) is 82.6 cm³/mol. The Labute approximate surface area is 152 Å². The summed E-state index contributed by atoms with van der Waals surface area (Å²) < 4.78 is 82.8. The molecular weight excluding hydrogens is 394 g/mol. The minimum atomic E-state index is -4.83. The molecule has 2 heterocycles. The molecule has 6 nitrogen and oxygen atoms in total. The standard InChI is InChI=1S/C16H10F6N4O2/c17-15(18,19)10-6-2-1-4-8(10)12-24-14(28-26-12)25-13(27)9-5-3-7-23-11(9)16(20,21)22/h1-7,13,27H,(H,24,25,26). The van der Waals surface area contributed by atoms with Crippen LogP contribution in [0.1, 0.15) is 23.0 Å². The summed E-state index contributed by atoms with van der Waals surface area (Å²) in [5.41, 5.74) is -3.37. The van der Waals surface area contributed by atoms with Crippen molar-refractivity contribution < 1.29 is 36.0 Å². The average Bonchev–Trinajstić information content (AvgIpc) is 3.08. The number of nitrogens with one attached hydrogen (secondary N) is 1. The van der Waals surface area contributed by atoms with Crippen LogP contribution in [-0.4, -0.2) is 20.2 Å². The van der Waals surface area contributed by atoms with Gasteiger partial charge in [-0.25, -0.2) is 0 Å². The summed E-state index contributed by atoms with van der Waals surface area (Å²) in [5, 5.41) is 15.5. The van der Waals surface area contributed by atoms with Gasteiger partial charge in [-0.15, -0.1) is 0 Å². The molecular formula is C16H10F6N4O2. The first-order chi connectivity index (χ1) is 13.1. The molecule has 0 bridgehead atoms. The maximum absolute atomic E-state index is 13.1. The first kappa shape index (κ1) is 19.6. The molecule has 1 atom stereocenters. The lowest BCUT2D eigenvalue weighted by Gasteiger charge is -2.16. The van der Waals surface area contributed by atoms with Gasteiger partial charge in [0.25, 0.3) is 0 Å². The number of aliphatic hydroxyl groups is 1. The van der Waals surface area contributed by atoms with Crippen LogP contribution in [0.2, 0.25) is 0 Å². The molecule has 28 heavy (non-hydrogen) atoms. The minimum Gasteiger partial charge on any atom is -0.369 e. The van der Waals surface area contributed by atoms with E-state index in [1.807, 2.05) is 0 Å². The van der Waals surface area contributed by atoms with Crippen LogP contribution in [0, 0.1) is 0 Å². The predicted octanol–water partition coefficient (Wildman–Crippen LogP) is 4.27. The van der Waals surface area contributed by atoms with Gasteiger partial charge in [0.1, 0.15) is 0 Å². The molecule has 0 aliphatic heterocycles. The Morgan fingerprint density at radius 3 is 2.36 bits per heavy atom. The van der Waals surface area contributed by atoms with E-state index in [0.29, 0.717) is 0 Å². The second-order valence-corrected chi connectivity index (χ2v) is 5.45. The quantitative estimate of drug-likeness (QED) is 0.499. The van der Waals surface area contributed by atoms with E-state index in [1.54, 1.807) is 0 Å². The number of nitrogens with zero attached hydrogens (tertiary/aromatic N) is 3. The normalized spacial score (nSPS) is 13.4. The fourth-order valence-corrected chi connectivity index (χ4v) is 2.39. The highest BCUT2D eigenvalue weighted by molar-refractivity contribution is 5.61. The van der Waals surface area contributed by atoms with E-state index in [-0.39, 0.29) is 0 Å². The topological polar surface area (TPSA) is 84.1 Å². The molecule has 1 aromatic carbocycles. The van der Waals surface area contributed by atoms with E-state index in [4.69, 9.17) is 4.52 Å². The zero-order chi connectivity index (χ0) is 20.5. The lowest BCUT2D eigenvalue weighted by molar-refractivity contribution is -0.142. The summed E-state index contributed by atoms with van der Waals surface area (Å²) in [6.07, 6.45) is -10.6. The van der Waals surface area contributed by atoms with Crippen LogP contribution in [0.5, 0.6) is 0 Å². The summed E-state index contributed by atoms with van der Waals surface area (Å²) in [6, 6.07) is 6.01. The number of anilines is 1. The first-order valence-electron chi connectivity index (χ1n) is 7.54. The van der Waals surface area contributed by atoms with Crippen molar-refractivity contribution in [2.45, 2.75) is 18.6 Å². The summed E-state index contributed by atoms with van der Waals surface area (Å²) in [7, 11) is 0. The zero-order valence-corrected chi connectivity index (χ0v) is 13.6. The third-order valence-electron chi connectivity index (χ3n) is 3.56. The van der Waals surface area contributed by atoms with Gasteiger partial charge in [0.15, 0.2) is 11.9 Å². The molecule has 0 fully saturated rings. The SMILES string of the molecule is OC(Nc1nc(-c2ccccc2C(F)(F)F)no1)c1cccnc1C(F)(F)F. The largest absolute Gasteiger partial charge is 0.433 e. The molecule has 0 radical (unpaired) electrons. The number of pyridine rings is 1. The molecule has 0 aliphatic carbocycles. The lowest BCUT2D eigenvalue weighted by atomic mass is 10.1. The van der Waals surface area contributed by atoms with Gasteiger partial charge < -0.3 is 14.9 Å². The number of benzene rings is 1. The summed E-state index contributed by atoms with van der Waals surface area (Å²) in [5.74, 6) is -0.454. The van der Waals surface area contributed by atoms with E-state index in [2.05, 4.69) is 20.4 Å². The highest BCUT2D eigenvalue weighted by atomic mass is 19.4. The fraction of sp³-hybridized carbons (Fsp3) is 0.188. The average molecular weight is 404 g/mol. The van der Waals surface area contributed by atoms with Gasteiger partial charge in [0.2, 0.25) is 5.82 Å². The van der Waals surface area contributed by atoms with Crippen molar-refractivity contribution in [1.82, 2.24) is 15.1 Å². The highest BCUT2D eigenvalue weighted by Gasteiger charge is 2.37. The summed E-state index contributed by atoms with van der Waals surface area (Å²) in [6.45, 7) is 0. The van der Waals surface area contributed by atoms with E-state index in [9.17, 15) is 31.4 Å². The van der Waals surface area contributed by atoms with Gasteiger partial charge in [-0.2, -0.15) is 31.3 Å². The van der Waals surface area contributed by atoms with Gasteiger partial charge in [-0.1, -0.05) is 29.4 Å². The van der Waals surface area contributed by atoms with Gasteiger partial charge in [-0.05, 0) is 12.1 Å². The van der Waals surface area contributed by atoms with Crippen LogP contribution in [0.3, 0.4) is 0 Å². The van der Waals surface area contributed by atoms with Crippen LogP contribution < -0.4 is 5.32 Å². The lowest BCUT2D eigenvalue weighted by Crippen LogP contribution is -2.18. The molecule has 1 unspecified atom stereocenters. The Morgan fingerprint density at radius 1 is 0.964 bits per heavy atom. The number of aliphatic hydroxyl groups excluding tert-OH is 1. The molecule has 12 heteroatoms. The number of hydrogen-bond acceptors (Lipinski definition) is 6. The summed E-state index contributed by atoms with van der Waals surface area (Å²) >= 11 is 0. The van der Waals surface area contributed by atoms with Crippen LogP contribution in [-0.2, 0) is 12.4 Å². The molecule has 0 saturated carbocycles. The Bertz CT molecular complexity index is 970. The van der Waals surface area contributed by atoms with Gasteiger partial charge in [0, 0.05) is 17.3 Å². The Morgan fingerprint density at radius 2 is 1.68 bits per heavy atom. The Kier molecular flexibility index (Phi) is 4.98. The second kappa shape index (κ2) is 7.11. The van der Waals surface area contributed by atoms with Crippen LogP contribution in [0.25, 0.3) is 11.4 Å². The number of aromatic nitrogens is 3. The first-order valence-corrected chi connectivity index (χ1v) is 7.54. The van der Waals surface area contributed by atoms with Crippen molar-refractivity contribution >= 4 is 6.01 Å². The summed E-state index contributed by atoms with van der Waals surface area (Å²) in [4.78, 5) is 6.85. The molecule has 2 aromatic heterocycles. The van der Waals surface area contributed by atoms with Crippen LogP contribution >= 0.6 is 0 Å². The molecule has 0 spiro atoms. The van der Waals surface area contributed by atoms with Gasteiger partial charge >= 0.3 is 18.4 Å². The molecule has 148 valence electrons. The Hall–Kier alpha value is -3.15. The van der Waals surface area contributed by atoms with Crippen LogP contribution in [0.4, 0.5) is 32.4 Å². The molecule has 0 saturated heterocycles. The monoisotopic (exact) mass is 404 g/mol. The van der Waals surface area contributed by atoms with Crippen molar-refractivity contribution in [1.29, 1.82) is 0 Å². The second-order valence-electron chi connectivity index (χ2n) is 5.45. The smallest absolute Gasteiger partial charge is 0.369 e. The van der Waals surface area contributed by atoms with E-state index in [1.165, 1.54) is 18.2 Å². The number of rotatable bonds is 4. The van der Waals surface area contributed by atoms with Crippen molar-refractivity contribution in [3.63, 3.8) is 0 Å². The van der Waals surface area contributed by atoms with Crippen molar-refractivity contribution in [3.8, 4) is 11.4 Å². The third-order valence-corrected chi connectivity index (χ3v) is 3.56. The maximum atomic E-state index is 13.1. The molecule has 2 N–H and O–H groups in total. The van der Waals surface area contributed by atoms with Crippen molar-refractivity contribution in [2.24, 2.45) is 0 Å². The minimum absolute atomic E-state index is 0.390. The van der Waals surface area contributed by atoms with Gasteiger partial charge in [-0.3, -0.25) is 4.98 Å².